The van der Waals surface area contributed by atoms with Crippen LogP contribution in [0, 0.1) is 5.92 Å². The summed E-state index contributed by atoms with van der Waals surface area (Å²) in [5.41, 5.74) is 2.12. The van der Waals surface area contributed by atoms with Crippen molar-refractivity contribution in [3.63, 3.8) is 0 Å². The molecule has 3 atom stereocenters. The van der Waals surface area contributed by atoms with Gasteiger partial charge in [0.2, 0.25) is 5.91 Å². The maximum Gasteiger partial charge on any atom is 0.407 e. The molecule has 2 aliphatic heterocycles. The number of piperidine rings is 1. The van der Waals surface area contributed by atoms with Gasteiger partial charge in [-0.05, 0) is 68.7 Å². The lowest BCUT2D eigenvalue weighted by molar-refractivity contribution is -0.158. The second-order valence-electron chi connectivity index (χ2n) is 12.9. The Morgan fingerprint density at radius 2 is 1.89 bits per heavy atom. The fraction of sp³-hybridized carbons (Fsp3) is 0.643. The fourth-order valence-electron chi connectivity index (χ4n) is 5.14. The molecule has 1 saturated carbocycles. The smallest absolute Gasteiger partial charge is 0.407 e. The number of benzene rings is 1. The Morgan fingerprint density at radius 1 is 1.16 bits per heavy atom. The van der Waals surface area contributed by atoms with Gasteiger partial charge in [0.1, 0.15) is 18.4 Å². The summed E-state index contributed by atoms with van der Waals surface area (Å²) in [5.74, 6) is -0.257. The van der Waals surface area contributed by atoms with Gasteiger partial charge in [-0.3, -0.25) is 19.3 Å². The van der Waals surface area contributed by atoms with Gasteiger partial charge in [0.05, 0.1) is 0 Å². The predicted molar refractivity (Wildman–Crippen MR) is 145 cm³/mol. The van der Waals surface area contributed by atoms with Crippen LogP contribution in [-0.4, -0.2) is 73.2 Å². The minimum atomic E-state index is -1.29. The highest BCUT2D eigenvalue weighted by atomic mass is 28.3. The molecule has 38 heavy (non-hydrogen) atoms. The number of fused-ring (bicyclic) bond motifs is 1. The average Bonchev–Trinajstić information content (AvgIpc) is 3.51. The number of hydrogen-bond acceptors (Lipinski definition) is 6. The van der Waals surface area contributed by atoms with Crippen LogP contribution in [0.15, 0.2) is 18.2 Å². The number of hydrogen-bond donors (Lipinski definition) is 1. The molecule has 2 fully saturated rings. The van der Waals surface area contributed by atoms with Crippen LogP contribution in [0.1, 0.15) is 67.4 Å². The molecule has 1 unspecified atom stereocenters. The van der Waals surface area contributed by atoms with E-state index in [4.69, 9.17) is 9.47 Å². The summed E-state index contributed by atoms with van der Waals surface area (Å²) in [6.07, 6.45) is 1.02. The number of carbonyl (C=O) groups excluding carboxylic acids is 4. The molecule has 1 N–H and O–H groups in total. The highest BCUT2D eigenvalue weighted by molar-refractivity contribution is 6.76. The predicted octanol–water partition coefficient (Wildman–Crippen LogP) is 4.10. The second-order valence-corrected chi connectivity index (χ2v) is 18.5. The molecule has 0 spiro atoms. The van der Waals surface area contributed by atoms with Gasteiger partial charge in [0.15, 0.2) is 0 Å². The van der Waals surface area contributed by atoms with E-state index in [0.29, 0.717) is 31.7 Å². The van der Waals surface area contributed by atoms with Crippen molar-refractivity contribution >= 4 is 31.9 Å². The second kappa shape index (κ2) is 10.8. The van der Waals surface area contributed by atoms with E-state index in [1.165, 1.54) is 4.90 Å². The summed E-state index contributed by atoms with van der Waals surface area (Å²) >= 11 is 0. The van der Waals surface area contributed by atoms with Crippen molar-refractivity contribution in [2.24, 2.45) is 5.92 Å². The van der Waals surface area contributed by atoms with Crippen LogP contribution in [0.2, 0.25) is 25.7 Å². The number of imide groups is 1. The van der Waals surface area contributed by atoms with Crippen LogP contribution >= 0.6 is 0 Å². The van der Waals surface area contributed by atoms with Crippen molar-refractivity contribution in [2.75, 3.05) is 19.9 Å². The quantitative estimate of drug-likeness (QED) is 0.286. The lowest BCUT2D eigenvalue weighted by Crippen LogP contribution is -2.55. The van der Waals surface area contributed by atoms with Gasteiger partial charge in [0.25, 0.3) is 11.8 Å². The van der Waals surface area contributed by atoms with Crippen LogP contribution in [0.5, 0.6) is 0 Å². The van der Waals surface area contributed by atoms with Crippen molar-refractivity contribution in [3.05, 3.63) is 34.9 Å². The third-order valence-corrected chi connectivity index (χ3v) is 9.04. The van der Waals surface area contributed by atoms with E-state index < -0.39 is 25.8 Å². The van der Waals surface area contributed by atoms with Gasteiger partial charge in [-0.25, -0.2) is 4.79 Å². The normalized spacial score (nSPS) is 23.5. The first-order valence-corrected chi connectivity index (χ1v) is 17.3. The highest BCUT2D eigenvalue weighted by Gasteiger charge is 2.46. The van der Waals surface area contributed by atoms with E-state index in [2.05, 4.69) is 25.0 Å². The van der Waals surface area contributed by atoms with E-state index >= 15 is 0 Å². The number of amides is 4. The summed E-state index contributed by atoms with van der Waals surface area (Å²) in [6.45, 7) is 13.5. The van der Waals surface area contributed by atoms with Gasteiger partial charge in [-0.15, -0.1) is 0 Å². The molecular weight excluding hydrogens is 502 g/mol. The minimum absolute atomic E-state index is 0.0622. The number of rotatable bonds is 9. The lowest BCUT2D eigenvalue weighted by atomic mass is 9.98. The average molecular weight is 544 g/mol. The van der Waals surface area contributed by atoms with Crippen LogP contribution in [0.25, 0.3) is 0 Å². The number of nitrogens with zero attached hydrogens (tertiary/aromatic N) is 2. The first-order chi connectivity index (χ1) is 17.7. The molecule has 10 heteroatoms. The summed E-state index contributed by atoms with van der Waals surface area (Å²) < 4.78 is 11.0. The zero-order valence-corrected chi connectivity index (χ0v) is 24.5. The lowest BCUT2D eigenvalue weighted by Gasteiger charge is -2.35. The summed E-state index contributed by atoms with van der Waals surface area (Å²) in [5, 5.41) is 2.85. The van der Waals surface area contributed by atoms with Crippen molar-refractivity contribution < 1.29 is 28.7 Å². The van der Waals surface area contributed by atoms with Crippen molar-refractivity contribution in [2.45, 2.75) is 89.8 Å². The van der Waals surface area contributed by atoms with E-state index in [1.807, 2.05) is 39.0 Å². The van der Waals surface area contributed by atoms with Gasteiger partial charge in [0, 0.05) is 39.8 Å². The number of nitrogens with one attached hydrogen (secondary N) is 1. The number of alkyl carbamates (subject to hydrolysis) is 1. The highest BCUT2D eigenvalue weighted by Crippen LogP contribution is 2.50. The Morgan fingerprint density at radius 3 is 2.58 bits per heavy atom. The number of carbonyl (C=O) groups is 4. The summed E-state index contributed by atoms with van der Waals surface area (Å²) in [6, 6.07) is 6.01. The third-order valence-electron chi connectivity index (χ3n) is 7.34. The zero-order chi connectivity index (χ0) is 27.8. The van der Waals surface area contributed by atoms with Crippen LogP contribution in [-0.2, 0) is 25.6 Å². The van der Waals surface area contributed by atoms with E-state index in [9.17, 15) is 19.2 Å². The molecule has 4 amide bonds. The fourth-order valence-corrected chi connectivity index (χ4v) is 5.90. The topological polar surface area (TPSA) is 105 Å². The molecule has 0 bridgehead atoms. The molecule has 208 valence electrons. The van der Waals surface area contributed by atoms with Gasteiger partial charge in [-0.2, -0.15) is 0 Å². The maximum absolute atomic E-state index is 13.4. The molecule has 2 heterocycles. The Kier molecular flexibility index (Phi) is 8.04. The Balaban J connectivity index is 1.38. The zero-order valence-electron chi connectivity index (χ0n) is 23.5. The minimum Gasteiger partial charge on any atom is -0.444 e. The van der Waals surface area contributed by atoms with E-state index in [-0.39, 0.29) is 42.7 Å². The van der Waals surface area contributed by atoms with Crippen molar-refractivity contribution in [1.29, 1.82) is 0 Å². The Bertz CT molecular complexity index is 1110. The first kappa shape index (κ1) is 28.3. The van der Waals surface area contributed by atoms with E-state index in [0.717, 1.165) is 23.6 Å². The molecule has 1 aromatic rings. The van der Waals surface area contributed by atoms with Crippen molar-refractivity contribution in [3.8, 4) is 0 Å². The van der Waals surface area contributed by atoms with Gasteiger partial charge >= 0.3 is 6.09 Å². The molecule has 0 radical (unpaired) electrons. The maximum atomic E-state index is 13.4. The molecule has 1 saturated heterocycles. The van der Waals surface area contributed by atoms with Gasteiger partial charge < -0.3 is 19.7 Å². The van der Waals surface area contributed by atoms with Crippen LogP contribution in [0.3, 0.4) is 0 Å². The first-order valence-electron chi connectivity index (χ1n) is 13.6. The van der Waals surface area contributed by atoms with E-state index in [1.54, 1.807) is 4.90 Å². The number of ether oxygens (including phenoxy) is 2. The SMILES string of the molecule is CC(C)(C)OC(=O)NC[C@@H]1C[C@H]1c1cccc2c1CN(C1CCC(=O)N(COCC[Si](C)(C)C)C1=O)C2=O. The largest absolute Gasteiger partial charge is 0.444 e. The molecule has 3 aliphatic rings. The molecule has 9 nitrogen and oxygen atoms in total. The third kappa shape index (κ3) is 6.64. The van der Waals surface area contributed by atoms with Gasteiger partial charge in [-0.1, -0.05) is 31.8 Å². The summed E-state index contributed by atoms with van der Waals surface area (Å²) in [4.78, 5) is 54.1. The van der Waals surface area contributed by atoms with Crippen LogP contribution < -0.4 is 5.32 Å². The number of likely N-dealkylation sites (tertiary alicyclic amines) is 1. The standard InChI is InChI=1S/C28H41N3O6Si/c1-28(2,3)37-27(35)29-15-18-14-21(18)19-8-7-9-20-22(19)16-30(25(20)33)23-10-11-24(32)31(26(23)34)17-36-12-13-38(4,5)6/h7-9,18,21,23H,10-17H2,1-6H3,(H,29,35)/t18-,21+,23?/m0/s1. The molecular formula is C28H41N3O6Si. The molecule has 1 aromatic carbocycles. The summed E-state index contributed by atoms with van der Waals surface area (Å²) in [7, 11) is -1.29. The van der Waals surface area contributed by atoms with Crippen molar-refractivity contribution in [1.82, 2.24) is 15.1 Å². The molecule has 4 rings (SSSR count). The molecule has 1 aliphatic carbocycles. The molecule has 0 aromatic heterocycles. The monoisotopic (exact) mass is 543 g/mol. The van der Waals surface area contributed by atoms with Crippen LogP contribution in [0.4, 0.5) is 4.79 Å². The Hall–Kier alpha value is -2.72. The Labute approximate surface area is 226 Å².